The Balaban J connectivity index is 1.77. The highest BCUT2D eigenvalue weighted by atomic mass is 16.5. The number of carbonyl (C=O) groups is 3. The second kappa shape index (κ2) is 10.1. The zero-order valence-corrected chi connectivity index (χ0v) is 18.7. The number of nitrogens with zero attached hydrogens (tertiary/aromatic N) is 1. The summed E-state index contributed by atoms with van der Waals surface area (Å²) in [7, 11) is 1.62. The van der Waals surface area contributed by atoms with Crippen LogP contribution in [0, 0.1) is 5.92 Å². The molecule has 1 heterocycles. The normalized spacial score (nSPS) is 24.2. The molecule has 3 amide bonds. The molecule has 8 heteroatoms. The topological polar surface area (TPSA) is 99.8 Å². The number of benzene rings is 1. The molecule has 31 heavy (non-hydrogen) atoms. The lowest BCUT2D eigenvalue weighted by Gasteiger charge is -2.31. The van der Waals surface area contributed by atoms with Crippen LogP contribution in [0.4, 0.5) is 0 Å². The summed E-state index contributed by atoms with van der Waals surface area (Å²) in [6.07, 6.45) is 3.52. The van der Waals surface area contributed by atoms with Gasteiger partial charge in [0.15, 0.2) is 0 Å². The van der Waals surface area contributed by atoms with Gasteiger partial charge in [0, 0.05) is 20.1 Å². The third kappa shape index (κ3) is 6.95. The van der Waals surface area contributed by atoms with Gasteiger partial charge in [0.2, 0.25) is 17.7 Å². The first kappa shape index (κ1) is 23.1. The van der Waals surface area contributed by atoms with E-state index in [2.05, 4.69) is 16.0 Å². The molecule has 170 valence electrons. The molecule has 3 N–H and O–H groups in total. The van der Waals surface area contributed by atoms with Gasteiger partial charge >= 0.3 is 0 Å². The van der Waals surface area contributed by atoms with Crippen molar-refractivity contribution in [2.45, 2.75) is 51.2 Å². The van der Waals surface area contributed by atoms with E-state index in [0.29, 0.717) is 13.1 Å². The van der Waals surface area contributed by atoms with Crippen molar-refractivity contribution >= 4 is 17.7 Å². The molecule has 0 aromatic heterocycles. The monoisotopic (exact) mass is 430 g/mol. The van der Waals surface area contributed by atoms with E-state index in [1.54, 1.807) is 7.05 Å². The molecular weight excluding hydrogens is 396 g/mol. The maximum Gasteiger partial charge on any atom is 0.240 e. The number of ether oxygens (including phenoxy) is 1. The Hall–Kier alpha value is -2.61. The first-order valence-electron chi connectivity index (χ1n) is 11.0. The Morgan fingerprint density at radius 3 is 2.55 bits per heavy atom. The molecule has 1 aromatic rings. The van der Waals surface area contributed by atoms with Gasteiger partial charge < -0.3 is 25.6 Å². The Morgan fingerprint density at radius 1 is 1.06 bits per heavy atom. The third-order valence-electron chi connectivity index (χ3n) is 5.61. The standard InChI is InChI=1S/C23H34N4O4/c1-23(2)15-26-21(17-10-11-17)22(30)27(3)14-20(29)25-13-19(28)24-12-6-8-16-7-4-5-9-18(16)31-23/h4-5,7,9,17,21,26H,6,8,10-15H2,1-3H3,(H,24,28)(H,25,29). The summed E-state index contributed by atoms with van der Waals surface area (Å²) < 4.78 is 6.34. The molecule has 1 aliphatic heterocycles. The Morgan fingerprint density at radius 2 is 1.81 bits per heavy atom. The zero-order valence-electron chi connectivity index (χ0n) is 18.7. The third-order valence-corrected chi connectivity index (χ3v) is 5.61. The van der Waals surface area contributed by atoms with Gasteiger partial charge in [-0.3, -0.25) is 14.4 Å². The lowest BCUT2D eigenvalue weighted by molar-refractivity contribution is -0.137. The average Bonchev–Trinajstić information content (AvgIpc) is 3.55. The van der Waals surface area contributed by atoms with E-state index in [1.165, 1.54) is 4.90 Å². The van der Waals surface area contributed by atoms with Crippen molar-refractivity contribution in [3.63, 3.8) is 0 Å². The highest BCUT2D eigenvalue weighted by Crippen LogP contribution is 2.34. The van der Waals surface area contributed by atoms with E-state index < -0.39 is 5.60 Å². The van der Waals surface area contributed by atoms with Crippen LogP contribution in [0.5, 0.6) is 5.75 Å². The highest BCUT2D eigenvalue weighted by molar-refractivity contribution is 5.89. The molecule has 1 atom stereocenters. The summed E-state index contributed by atoms with van der Waals surface area (Å²) in [6, 6.07) is 7.57. The fraction of sp³-hybridized carbons (Fsp3) is 0.609. The van der Waals surface area contributed by atoms with Gasteiger partial charge in [0.25, 0.3) is 0 Å². The second-order valence-electron chi connectivity index (χ2n) is 9.09. The summed E-state index contributed by atoms with van der Waals surface area (Å²) >= 11 is 0. The molecule has 1 fully saturated rings. The lowest BCUT2D eigenvalue weighted by atomic mass is 10.1. The molecule has 0 spiro atoms. The van der Waals surface area contributed by atoms with Crippen LogP contribution >= 0.6 is 0 Å². The molecule has 0 saturated heterocycles. The van der Waals surface area contributed by atoms with Crippen LogP contribution < -0.4 is 20.7 Å². The van der Waals surface area contributed by atoms with Crippen molar-refractivity contribution in [3.8, 4) is 5.75 Å². The first-order chi connectivity index (χ1) is 14.7. The first-order valence-corrected chi connectivity index (χ1v) is 11.0. The van der Waals surface area contributed by atoms with Gasteiger partial charge in [-0.2, -0.15) is 0 Å². The minimum Gasteiger partial charge on any atom is -0.486 e. The van der Waals surface area contributed by atoms with Gasteiger partial charge in [0.05, 0.1) is 19.1 Å². The van der Waals surface area contributed by atoms with Crippen molar-refractivity contribution in [2.24, 2.45) is 5.92 Å². The number of nitrogens with one attached hydrogen (secondary N) is 3. The Labute approximate surface area is 184 Å². The predicted octanol–water partition coefficient (Wildman–Crippen LogP) is 0.849. The number of aryl methyl sites for hydroxylation is 1. The number of hydrogen-bond acceptors (Lipinski definition) is 5. The fourth-order valence-electron chi connectivity index (χ4n) is 3.72. The van der Waals surface area contributed by atoms with Crippen LogP contribution in [0.25, 0.3) is 0 Å². The van der Waals surface area contributed by atoms with Gasteiger partial charge in [-0.15, -0.1) is 0 Å². The van der Waals surface area contributed by atoms with Crippen LogP contribution in [0.2, 0.25) is 0 Å². The summed E-state index contributed by atoms with van der Waals surface area (Å²) in [6.45, 7) is 4.84. The van der Waals surface area contributed by atoms with Gasteiger partial charge in [-0.05, 0) is 57.1 Å². The summed E-state index contributed by atoms with van der Waals surface area (Å²) in [5.41, 5.74) is 0.549. The van der Waals surface area contributed by atoms with Crippen molar-refractivity contribution in [1.29, 1.82) is 0 Å². The van der Waals surface area contributed by atoms with Crippen LogP contribution in [-0.4, -0.2) is 67.5 Å². The van der Waals surface area contributed by atoms with Crippen LogP contribution in [0.1, 0.15) is 38.7 Å². The number of rotatable bonds is 1. The zero-order chi connectivity index (χ0) is 22.4. The van der Waals surface area contributed by atoms with E-state index >= 15 is 0 Å². The lowest BCUT2D eigenvalue weighted by Crippen LogP contribution is -2.53. The largest absolute Gasteiger partial charge is 0.486 e. The Bertz CT molecular complexity index is 807. The van der Waals surface area contributed by atoms with Crippen LogP contribution in [-0.2, 0) is 20.8 Å². The molecular formula is C23H34N4O4. The number of hydrogen-bond donors (Lipinski definition) is 3. The minimum absolute atomic E-state index is 0.0791. The molecule has 1 unspecified atom stereocenters. The van der Waals surface area contributed by atoms with Gasteiger partial charge in [0.1, 0.15) is 11.4 Å². The number of para-hydroxylation sites is 1. The van der Waals surface area contributed by atoms with Crippen LogP contribution in [0.3, 0.4) is 0 Å². The maximum absolute atomic E-state index is 13.0. The van der Waals surface area contributed by atoms with E-state index in [1.807, 2.05) is 38.1 Å². The van der Waals surface area contributed by atoms with E-state index in [9.17, 15) is 14.4 Å². The quantitative estimate of drug-likeness (QED) is 0.613. The van der Waals surface area contributed by atoms with Crippen molar-refractivity contribution in [2.75, 3.05) is 33.2 Å². The predicted molar refractivity (Wildman–Crippen MR) is 118 cm³/mol. The molecule has 3 rings (SSSR count). The number of amides is 3. The molecule has 0 bridgehead atoms. The molecule has 0 radical (unpaired) electrons. The molecule has 8 nitrogen and oxygen atoms in total. The molecule has 1 saturated carbocycles. The van der Waals surface area contributed by atoms with E-state index in [4.69, 9.17) is 4.74 Å². The second-order valence-corrected chi connectivity index (χ2v) is 9.09. The van der Waals surface area contributed by atoms with Crippen molar-refractivity contribution in [1.82, 2.24) is 20.9 Å². The average molecular weight is 431 g/mol. The highest BCUT2D eigenvalue weighted by Gasteiger charge is 2.39. The van der Waals surface area contributed by atoms with E-state index in [-0.39, 0.29) is 42.8 Å². The number of fused-ring (bicyclic) bond motifs is 1. The smallest absolute Gasteiger partial charge is 0.240 e. The Kier molecular flexibility index (Phi) is 7.54. The summed E-state index contributed by atoms with van der Waals surface area (Å²) in [4.78, 5) is 38.6. The van der Waals surface area contributed by atoms with Gasteiger partial charge in [-0.25, -0.2) is 0 Å². The summed E-state index contributed by atoms with van der Waals surface area (Å²) in [5.74, 6) is 0.392. The van der Waals surface area contributed by atoms with Crippen LogP contribution in [0.15, 0.2) is 24.3 Å². The maximum atomic E-state index is 13.0. The minimum atomic E-state index is -0.529. The molecule has 1 aliphatic carbocycles. The fourth-order valence-corrected chi connectivity index (χ4v) is 3.72. The van der Waals surface area contributed by atoms with Gasteiger partial charge in [-0.1, -0.05) is 18.2 Å². The summed E-state index contributed by atoms with van der Waals surface area (Å²) in [5, 5.41) is 8.81. The van der Waals surface area contributed by atoms with E-state index in [0.717, 1.165) is 37.0 Å². The van der Waals surface area contributed by atoms with Crippen molar-refractivity contribution < 1.29 is 19.1 Å². The number of likely N-dealkylation sites (N-methyl/N-ethyl adjacent to an activating group) is 1. The molecule has 2 aliphatic rings. The molecule has 1 aromatic carbocycles. The SMILES string of the molecule is CN1CC(=O)NCC(=O)NCCCc2ccccc2OC(C)(C)CNC(C2CC2)C1=O. The van der Waals surface area contributed by atoms with Crippen molar-refractivity contribution in [3.05, 3.63) is 29.8 Å². The number of carbonyl (C=O) groups excluding carboxylic acids is 3.